The number of ether oxygens (including phenoxy) is 2. The van der Waals surface area contributed by atoms with E-state index in [1.807, 2.05) is 66.2 Å². The number of amides is 1. The van der Waals surface area contributed by atoms with E-state index in [4.69, 9.17) is 32.7 Å². The van der Waals surface area contributed by atoms with Crippen molar-refractivity contribution in [3.63, 3.8) is 0 Å². The van der Waals surface area contributed by atoms with Gasteiger partial charge in [-0.05, 0) is 68.0 Å². The minimum Gasteiger partial charge on any atom is -0.487 e. The van der Waals surface area contributed by atoms with Crippen LogP contribution in [0.15, 0.2) is 85.2 Å². The smallest absolute Gasteiger partial charge is 0.356 e. The lowest BCUT2D eigenvalue weighted by Crippen LogP contribution is -2.21. The van der Waals surface area contributed by atoms with Crippen LogP contribution in [0.5, 0.6) is 5.75 Å². The zero-order valence-corrected chi connectivity index (χ0v) is 25.0. The maximum absolute atomic E-state index is 12.6. The molecule has 0 fully saturated rings. The fourth-order valence-corrected chi connectivity index (χ4v) is 4.99. The Morgan fingerprint density at radius 3 is 2.67 bits per heavy atom. The second-order valence-electron chi connectivity index (χ2n) is 9.55. The van der Waals surface area contributed by atoms with Gasteiger partial charge in [0, 0.05) is 45.8 Å². The van der Waals surface area contributed by atoms with Gasteiger partial charge in [0.05, 0.1) is 23.9 Å². The van der Waals surface area contributed by atoms with Gasteiger partial charge in [0.25, 0.3) is 0 Å². The number of benzene rings is 2. The number of para-hydroxylation sites is 1. The minimum absolute atomic E-state index is 0.147. The van der Waals surface area contributed by atoms with Gasteiger partial charge >= 0.3 is 5.97 Å². The first-order chi connectivity index (χ1) is 20.8. The summed E-state index contributed by atoms with van der Waals surface area (Å²) in [6.45, 7) is 4.34. The molecule has 8 nitrogen and oxygen atoms in total. The van der Waals surface area contributed by atoms with E-state index in [-0.39, 0.29) is 31.4 Å². The minimum atomic E-state index is -0.489. The maximum Gasteiger partial charge on any atom is 0.356 e. The lowest BCUT2D eigenvalue weighted by Gasteiger charge is -2.16. The number of rotatable bonds is 10. The average Bonchev–Trinajstić information content (AvgIpc) is 3.47. The van der Waals surface area contributed by atoms with Crippen molar-refractivity contribution in [3.05, 3.63) is 123 Å². The summed E-state index contributed by atoms with van der Waals surface area (Å²) >= 11 is 13.4. The molecule has 218 valence electrons. The number of hydrogen-bond donors (Lipinski definition) is 1. The standard InChI is InChI=1S/C33H28Cl2N4O4/c1-3-42-33(41)27-14-10-22(18-36-27)11-16-30(40)37-19-24-7-5-17-39(24)28-15-13-26(34)25(31(28)35)20-43-29-8-4-6-23-12-9-21(2)38-32(23)29/h4-18H,3,19-20H2,1-2H3,(H,37,40). The molecule has 0 aliphatic rings. The molecule has 5 aromatic rings. The molecule has 0 radical (unpaired) electrons. The highest BCUT2D eigenvalue weighted by Gasteiger charge is 2.16. The molecular formula is C33H28Cl2N4O4. The van der Waals surface area contributed by atoms with E-state index in [1.165, 1.54) is 12.3 Å². The van der Waals surface area contributed by atoms with Crippen molar-refractivity contribution in [1.82, 2.24) is 19.9 Å². The molecule has 1 amide bonds. The Morgan fingerprint density at radius 1 is 1.02 bits per heavy atom. The van der Waals surface area contributed by atoms with Crippen LogP contribution < -0.4 is 10.1 Å². The number of nitrogens with zero attached hydrogens (tertiary/aromatic N) is 3. The quantitative estimate of drug-likeness (QED) is 0.133. The van der Waals surface area contributed by atoms with E-state index < -0.39 is 5.97 Å². The van der Waals surface area contributed by atoms with E-state index in [9.17, 15) is 9.59 Å². The first-order valence-electron chi connectivity index (χ1n) is 13.6. The molecule has 0 unspecified atom stereocenters. The number of pyridine rings is 2. The second kappa shape index (κ2) is 13.5. The van der Waals surface area contributed by atoms with Gasteiger partial charge in [0.2, 0.25) is 5.91 Å². The van der Waals surface area contributed by atoms with Crippen molar-refractivity contribution >= 4 is 52.1 Å². The molecule has 3 heterocycles. The number of carbonyl (C=O) groups excluding carboxylic acids is 2. The highest BCUT2D eigenvalue weighted by Crippen LogP contribution is 2.33. The van der Waals surface area contributed by atoms with Crippen molar-refractivity contribution in [2.45, 2.75) is 27.0 Å². The lowest BCUT2D eigenvalue weighted by molar-refractivity contribution is -0.116. The number of carbonyl (C=O) groups is 2. The van der Waals surface area contributed by atoms with E-state index in [0.29, 0.717) is 32.6 Å². The third kappa shape index (κ3) is 7.05. The number of aryl methyl sites for hydroxylation is 1. The molecule has 0 saturated carbocycles. The normalized spacial score (nSPS) is 11.2. The predicted molar refractivity (Wildman–Crippen MR) is 168 cm³/mol. The van der Waals surface area contributed by atoms with Crippen molar-refractivity contribution in [2.24, 2.45) is 0 Å². The van der Waals surface area contributed by atoms with Crippen molar-refractivity contribution < 1.29 is 19.1 Å². The Kier molecular flexibility index (Phi) is 9.39. The van der Waals surface area contributed by atoms with Crippen LogP contribution in [-0.2, 0) is 22.7 Å². The Bertz CT molecular complexity index is 1820. The summed E-state index contributed by atoms with van der Waals surface area (Å²) in [6, 6.07) is 20.4. The highest BCUT2D eigenvalue weighted by molar-refractivity contribution is 6.37. The van der Waals surface area contributed by atoms with Crippen LogP contribution in [0.25, 0.3) is 22.7 Å². The molecule has 2 aromatic carbocycles. The summed E-state index contributed by atoms with van der Waals surface area (Å²) in [7, 11) is 0. The Balaban J connectivity index is 1.27. The Morgan fingerprint density at radius 2 is 1.88 bits per heavy atom. The first-order valence-corrected chi connectivity index (χ1v) is 14.3. The van der Waals surface area contributed by atoms with Crippen LogP contribution in [0.3, 0.4) is 0 Å². The molecule has 0 aliphatic carbocycles. The molecular weight excluding hydrogens is 587 g/mol. The maximum atomic E-state index is 12.6. The zero-order valence-electron chi connectivity index (χ0n) is 23.5. The number of aromatic nitrogens is 3. The molecule has 0 bridgehead atoms. The summed E-state index contributed by atoms with van der Waals surface area (Å²) in [6.07, 6.45) is 6.39. The summed E-state index contributed by atoms with van der Waals surface area (Å²) in [5.41, 5.74) is 4.70. The van der Waals surface area contributed by atoms with Gasteiger partial charge in [0.1, 0.15) is 23.6 Å². The van der Waals surface area contributed by atoms with Crippen molar-refractivity contribution in [1.29, 1.82) is 0 Å². The average molecular weight is 616 g/mol. The molecule has 10 heteroatoms. The van der Waals surface area contributed by atoms with Crippen LogP contribution in [0, 0.1) is 6.92 Å². The fraction of sp³-hybridized carbons (Fsp3) is 0.152. The second-order valence-corrected chi connectivity index (χ2v) is 10.3. The number of hydrogen-bond acceptors (Lipinski definition) is 6. The third-order valence-electron chi connectivity index (χ3n) is 6.59. The van der Waals surface area contributed by atoms with Crippen LogP contribution in [0.4, 0.5) is 0 Å². The van der Waals surface area contributed by atoms with Crippen molar-refractivity contribution in [2.75, 3.05) is 6.61 Å². The van der Waals surface area contributed by atoms with E-state index in [2.05, 4.69) is 15.3 Å². The molecule has 3 aromatic heterocycles. The molecule has 0 aliphatic heterocycles. The van der Waals surface area contributed by atoms with Gasteiger partial charge in [-0.25, -0.2) is 14.8 Å². The largest absolute Gasteiger partial charge is 0.487 e. The number of esters is 1. The number of fused-ring (bicyclic) bond motifs is 1. The van der Waals surface area contributed by atoms with E-state index in [0.717, 1.165) is 22.3 Å². The molecule has 0 saturated heterocycles. The summed E-state index contributed by atoms with van der Waals surface area (Å²) in [5, 5.41) is 4.79. The fourth-order valence-electron chi connectivity index (χ4n) is 4.42. The first kappa shape index (κ1) is 29.8. The Hall–Kier alpha value is -4.66. The number of nitrogens with one attached hydrogen (secondary N) is 1. The molecule has 5 rings (SSSR count). The SMILES string of the molecule is CCOC(=O)c1ccc(C=CC(=O)NCc2cccn2-c2ccc(Cl)c(COc3cccc4ccc(C)nc34)c2Cl)cn1. The van der Waals surface area contributed by atoms with Crippen LogP contribution in [0.1, 0.15) is 39.9 Å². The third-order valence-corrected chi connectivity index (χ3v) is 7.37. The molecule has 0 spiro atoms. The summed E-state index contributed by atoms with van der Waals surface area (Å²) in [5.74, 6) is -0.143. The summed E-state index contributed by atoms with van der Waals surface area (Å²) < 4.78 is 13.0. The molecule has 43 heavy (non-hydrogen) atoms. The topological polar surface area (TPSA) is 95.3 Å². The zero-order chi connectivity index (χ0) is 30.3. The van der Waals surface area contributed by atoms with Gasteiger partial charge in [-0.3, -0.25) is 4.79 Å². The van der Waals surface area contributed by atoms with Crippen LogP contribution >= 0.6 is 23.2 Å². The number of halogens is 2. The van der Waals surface area contributed by atoms with E-state index in [1.54, 1.807) is 31.2 Å². The van der Waals surface area contributed by atoms with Crippen LogP contribution in [0.2, 0.25) is 10.0 Å². The van der Waals surface area contributed by atoms with Gasteiger partial charge in [-0.2, -0.15) is 0 Å². The van der Waals surface area contributed by atoms with E-state index >= 15 is 0 Å². The molecule has 1 N–H and O–H groups in total. The predicted octanol–water partition coefficient (Wildman–Crippen LogP) is 7.12. The highest BCUT2D eigenvalue weighted by atomic mass is 35.5. The monoisotopic (exact) mass is 614 g/mol. The van der Waals surface area contributed by atoms with Gasteiger partial charge < -0.3 is 19.4 Å². The molecule has 0 atom stereocenters. The van der Waals surface area contributed by atoms with Gasteiger partial charge in [-0.15, -0.1) is 0 Å². The van der Waals surface area contributed by atoms with Gasteiger partial charge in [-0.1, -0.05) is 47.5 Å². The lowest BCUT2D eigenvalue weighted by atomic mass is 10.1. The Labute approximate surface area is 258 Å². The van der Waals surface area contributed by atoms with Crippen molar-refractivity contribution in [3.8, 4) is 11.4 Å². The van der Waals surface area contributed by atoms with Crippen LogP contribution in [-0.4, -0.2) is 33.0 Å². The van der Waals surface area contributed by atoms with Gasteiger partial charge in [0.15, 0.2) is 0 Å². The summed E-state index contributed by atoms with van der Waals surface area (Å²) in [4.78, 5) is 33.0.